The number of pyridine rings is 1. The molecule has 0 N–H and O–H groups in total. The van der Waals surface area contributed by atoms with Gasteiger partial charge in [0.2, 0.25) is 0 Å². The van der Waals surface area contributed by atoms with Crippen molar-refractivity contribution < 1.29 is 14.3 Å². The van der Waals surface area contributed by atoms with E-state index in [-0.39, 0.29) is 0 Å². The molecule has 0 fully saturated rings. The summed E-state index contributed by atoms with van der Waals surface area (Å²) < 4.78 is 11.5. The van der Waals surface area contributed by atoms with Crippen LogP contribution in [0.1, 0.15) is 22.8 Å². The van der Waals surface area contributed by atoms with Crippen LogP contribution < -0.4 is 9.47 Å². The van der Waals surface area contributed by atoms with Crippen LogP contribution in [0, 0.1) is 0 Å². The van der Waals surface area contributed by atoms with E-state index in [1.165, 1.54) is 0 Å². The van der Waals surface area contributed by atoms with Crippen LogP contribution in [0.15, 0.2) is 54.7 Å². The first-order chi connectivity index (χ1) is 11.3. The molecule has 0 radical (unpaired) electrons. The van der Waals surface area contributed by atoms with Gasteiger partial charge in [0.05, 0.1) is 12.1 Å². The third-order valence-electron chi connectivity index (χ3n) is 3.50. The number of rotatable bonds is 6. The third kappa shape index (κ3) is 3.31. The topological polar surface area (TPSA) is 48.4 Å². The molecule has 2 aromatic carbocycles. The number of hydrogen-bond donors (Lipinski definition) is 0. The van der Waals surface area contributed by atoms with Crippen molar-refractivity contribution in [3.63, 3.8) is 0 Å². The number of carbonyl (C=O) groups excluding carboxylic acids is 1. The fourth-order valence-corrected chi connectivity index (χ4v) is 2.42. The smallest absolute Gasteiger partial charge is 0.161 e. The Kier molecular flexibility index (Phi) is 4.52. The number of nitrogens with zero attached hydrogens (tertiary/aromatic N) is 1. The molecule has 4 nitrogen and oxygen atoms in total. The molecule has 0 unspecified atom stereocenters. The van der Waals surface area contributed by atoms with Gasteiger partial charge < -0.3 is 9.47 Å². The Labute approximate surface area is 134 Å². The lowest BCUT2D eigenvalue weighted by Crippen LogP contribution is -2.01. The first kappa shape index (κ1) is 15.0. The number of benzene rings is 2. The van der Waals surface area contributed by atoms with E-state index < -0.39 is 0 Å². The summed E-state index contributed by atoms with van der Waals surface area (Å²) in [6.45, 7) is 2.79. The summed E-state index contributed by atoms with van der Waals surface area (Å²) in [5, 5.41) is 1.08. The second-order valence-corrected chi connectivity index (χ2v) is 5.04. The van der Waals surface area contributed by atoms with Gasteiger partial charge in [0.15, 0.2) is 11.5 Å². The van der Waals surface area contributed by atoms with E-state index >= 15 is 0 Å². The Morgan fingerprint density at radius 1 is 1.04 bits per heavy atom. The summed E-state index contributed by atoms with van der Waals surface area (Å²) in [6, 6.07) is 15.1. The number of aromatic nitrogens is 1. The number of aldehydes is 1. The van der Waals surface area contributed by atoms with Gasteiger partial charge in [-0.05, 0) is 31.2 Å². The van der Waals surface area contributed by atoms with Crippen LogP contribution in [-0.2, 0) is 6.61 Å². The quantitative estimate of drug-likeness (QED) is 0.645. The first-order valence-electron chi connectivity index (χ1n) is 7.49. The van der Waals surface area contributed by atoms with Crippen molar-refractivity contribution in [2.24, 2.45) is 0 Å². The van der Waals surface area contributed by atoms with Crippen LogP contribution in [0.5, 0.6) is 11.5 Å². The maximum atomic E-state index is 10.9. The molecule has 1 heterocycles. The number of fused-ring (bicyclic) bond motifs is 1. The SMILES string of the molecule is CCOc1cc(C=O)ccc1OCc1cccc2cccnc12. The molecule has 0 bridgehead atoms. The van der Waals surface area contributed by atoms with Gasteiger partial charge in [0.1, 0.15) is 12.9 Å². The van der Waals surface area contributed by atoms with Gasteiger partial charge in [-0.15, -0.1) is 0 Å². The molecule has 0 aliphatic carbocycles. The zero-order valence-electron chi connectivity index (χ0n) is 12.9. The second-order valence-electron chi connectivity index (χ2n) is 5.04. The zero-order valence-corrected chi connectivity index (χ0v) is 12.9. The number of para-hydroxylation sites is 1. The lowest BCUT2D eigenvalue weighted by atomic mass is 10.1. The molecule has 0 aliphatic rings. The first-order valence-corrected chi connectivity index (χ1v) is 7.49. The minimum absolute atomic E-state index is 0.384. The zero-order chi connectivity index (χ0) is 16.1. The Morgan fingerprint density at radius 2 is 1.91 bits per heavy atom. The molecule has 0 amide bonds. The Hall–Kier alpha value is -2.88. The normalized spacial score (nSPS) is 10.5. The van der Waals surface area contributed by atoms with Crippen molar-refractivity contribution in [1.82, 2.24) is 4.98 Å². The number of hydrogen-bond acceptors (Lipinski definition) is 4. The van der Waals surface area contributed by atoms with Crippen LogP contribution >= 0.6 is 0 Å². The van der Waals surface area contributed by atoms with Crippen molar-refractivity contribution in [1.29, 1.82) is 0 Å². The fourth-order valence-electron chi connectivity index (χ4n) is 2.42. The van der Waals surface area contributed by atoms with Crippen LogP contribution in [0.25, 0.3) is 10.9 Å². The molecule has 23 heavy (non-hydrogen) atoms. The molecule has 0 spiro atoms. The van der Waals surface area contributed by atoms with Crippen molar-refractivity contribution in [2.45, 2.75) is 13.5 Å². The highest BCUT2D eigenvalue weighted by Crippen LogP contribution is 2.29. The molecule has 0 saturated carbocycles. The monoisotopic (exact) mass is 307 g/mol. The van der Waals surface area contributed by atoms with Crippen LogP contribution in [-0.4, -0.2) is 17.9 Å². The standard InChI is InChI=1S/C19H17NO3/c1-2-22-18-11-14(12-21)8-9-17(18)23-13-16-6-3-5-15-7-4-10-20-19(15)16/h3-12H,2,13H2,1H3. The summed E-state index contributed by atoms with van der Waals surface area (Å²) in [5.41, 5.74) is 2.50. The molecule has 0 aliphatic heterocycles. The van der Waals surface area contributed by atoms with E-state index in [0.717, 1.165) is 22.8 Å². The molecular formula is C19H17NO3. The third-order valence-corrected chi connectivity index (χ3v) is 3.50. The summed E-state index contributed by atoms with van der Waals surface area (Å²) in [5.74, 6) is 1.19. The van der Waals surface area contributed by atoms with E-state index in [2.05, 4.69) is 4.98 Å². The lowest BCUT2D eigenvalue weighted by Gasteiger charge is -2.13. The van der Waals surface area contributed by atoms with E-state index in [1.807, 2.05) is 37.3 Å². The number of carbonyl (C=O) groups is 1. The van der Waals surface area contributed by atoms with E-state index in [0.29, 0.717) is 30.3 Å². The van der Waals surface area contributed by atoms with Crippen LogP contribution in [0.3, 0.4) is 0 Å². The number of ether oxygens (including phenoxy) is 2. The van der Waals surface area contributed by atoms with Gasteiger partial charge >= 0.3 is 0 Å². The maximum absolute atomic E-state index is 10.9. The Morgan fingerprint density at radius 3 is 2.74 bits per heavy atom. The molecule has 1 aromatic heterocycles. The van der Waals surface area contributed by atoms with Crippen molar-refractivity contribution in [3.8, 4) is 11.5 Å². The van der Waals surface area contributed by atoms with E-state index in [4.69, 9.17) is 9.47 Å². The van der Waals surface area contributed by atoms with Crippen molar-refractivity contribution >= 4 is 17.2 Å². The molecule has 4 heteroatoms. The summed E-state index contributed by atoms with van der Waals surface area (Å²) >= 11 is 0. The van der Waals surface area contributed by atoms with Gasteiger partial charge in [-0.2, -0.15) is 0 Å². The van der Waals surface area contributed by atoms with Gasteiger partial charge in [-0.1, -0.05) is 24.3 Å². The largest absolute Gasteiger partial charge is 0.490 e. The van der Waals surface area contributed by atoms with Gasteiger partial charge in [0.25, 0.3) is 0 Å². The predicted molar refractivity (Wildman–Crippen MR) is 89.1 cm³/mol. The summed E-state index contributed by atoms with van der Waals surface area (Å²) in [6.07, 6.45) is 2.57. The summed E-state index contributed by atoms with van der Waals surface area (Å²) in [7, 11) is 0. The summed E-state index contributed by atoms with van der Waals surface area (Å²) in [4.78, 5) is 15.3. The molecular weight excluding hydrogens is 290 g/mol. The molecule has 0 atom stereocenters. The second kappa shape index (κ2) is 6.92. The van der Waals surface area contributed by atoms with Crippen LogP contribution in [0.4, 0.5) is 0 Å². The predicted octanol–water partition coefficient (Wildman–Crippen LogP) is 4.03. The Bertz CT molecular complexity index is 824. The minimum Gasteiger partial charge on any atom is -0.490 e. The molecule has 0 saturated heterocycles. The van der Waals surface area contributed by atoms with E-state index in [9.17, 15) is 4.79 Å². The van der Waals surface area contributed by atoms with Crippen molar-refractivity contribution in [2.75, 3.05) is 6.61 Å². The van der Waals surface area contributed by atoms with Gasteiger partial charge in [0, 0.05) is 22.7 Å². The molecule has 116 valence electrons. The van der Waals surface area contributed by atoms with Gasteiger partial charge in [-0.25, -0.2) is 0 Å². The van der Waals surface area contributed by atoms with Crippen LogP contribution in [0.2, 0.25) is 0 Å². The maximum Gasteiger partial charge on any atom is 0.161 e. The minimum atomic E-state index is 0.384. The highest BCUT2D eigenvalue weighted by Gasteiger charge is 2.08. The van der Waals surface area contributed by atoms with E-state index in [1.54, 1.807) is 24.4 Å². The average Bonchev–Trinajstić information content (AvgIpc) is 2.61. The molecule has 3 aromatic rings. The Balaban J connectivity index is 1.86. The highest BCUT2D eigenvalue weighted by atomic mass is 16.5. The lowest BCUT2D eigenvalue weighted by molar-refractivity contribution is 0.112. The van der Waals surface area contributed by atoms with Crippen molar-refractivity contribution in [3.05, 3.63) is 65.9 Å². The highest BCUT2D eigenvalue weighted by molar-refractivity contribution is 5.81. The molecule has 3 rings (SSSR count). The van der Waals surface area contributed by atoms with Gasteiger partial charge in [-0.3, -0.25) is 9.78 Å². The fraction of sp³-hybridized carbons (Fsp3) is 0.158. The average molecular weight is 307 g/mol.